The van der Waals surface area contributed by atoms with Crippen molar-refractivity contribution < 1.29 is 4.79 Å². The molecule has 0 bridgehead atoms. The second kappa shape index (κ2) is 2.46. The van der Waals surface area contributed by atoms with Gasteiger partial charge in [-0.15, -0.1) is 0 Å². The SMILES string of the molecule is CC1(C)C(=O)NC2NCCCC21. The van der Waals surface area contributed by atoms with Crippen molar-refractivity contribution in [2.24, 2.45) is 11.3 Å². The fourth-order valence-electron chi connectivity index (χ4n) is 2.31. The standard InChI is InChI=1S/C9H16N2O/c1-9(2)6-4-3-5-10-7(6)11-8(9)12/h6-7,10H,3-5H2,1-2H3,(H,11,12). The van der Waals surface area contributed by atoms with Crippen molar-refractivity contribution in [2.45, 2.75) is 32.9 Å². The van der Waals surface area contributed by atoms with Gasteiger partial charge in [-0.05, 0) is 19.4 Å². The van der Waals surface area contributed by atoms with Crippen LogP contribution in [0.5, 0.6) is 0 Å². The van der Waals surface area contributed by atoms with Gasteiger partial charge in [0.05, 0.1) is 6.17 Å². The van der Waals surface area contributed by atoms with E-state index in [1.165, 1.54) is 12.8 Å². The maximum absolute atomic E-state index is 11.5. The van der Waals surface area contributed by atoms with Crippen molar-refractivity contribution in [3.8, 4) is 0 Å². The van der Waals surface area contributed by atoms with Crippen LogP contribution in [0.4, 0.5) is 0 Å². The van der Waals surface area contributed by atoms with E-state index in [2.05, 4.69) is 10.6 Å². The van der Waals surface area contributed by atoms with Gasteiger partial charge in [-0.2, -0.15) is 0 Å². The lowest BCUT2D eigenvalue weighted by atomic mass is 9.76. The molecule has 2 heterocycles. The Balaban J connectivity index is 2.22. The van der Waals surface area contributed by atoms with Crippen LogP contribution in [0.15, 0.2) is 0 Å². The maximum Gasteiger partial charge on any atom is 0.227 e. The molecule has 2 atom stereocenters. The summed E-state index contributed by atoms with van der Waals surface area (Å²) >= 11 is 0. The number of piperidine rings is 1. The highest BCUT2D eigenvalue weighted by atomic mass is 16.2. The first kappa shape index (κ1) is 8.05. The summed E-state index contributed by atoms with van der Waals surface area (Å²) in [6.45, 7) is 5.12. The minimum Gasteiger partial charge on any atom is -0.340 e. The van der Waals surface area contributed by atoms with Crippen LogP contribution in [0.25, 0.3) is 0 Å². The van der Waals surface area contributed by atoms with Gasteiger partial charge in [-0.3, -0.25) is 10.1 Å². The first-order chi connectivity index (χ1) is 5.62. The zero-order valence-electron chi connectivity index (χ0n) is 7.68. The number of hydrogen-bond acceptors (Lipinski definition) is 2. The summed E-state index contributed by atoms with van der Waals surface area (Å²) in [7, 11) is 0. The summed E-state index contributed by atoms with van der Waals surface area (Å²) in [6.07, 6.45) is 2.60. The lowest BCUT2D eigenvalue weighted by Gasteiger charge is -2.31. The third-order valence-electron chi connectivity index (χ3n) is 3.26. The second-order valence-electron chi connectivity index (χ2n) is 4.38. The summed E-state index contributed by atoms with van der Waals surface area (Å²) in [6, 6.07) is 0. The molecule has 2 N–H and O–H groups in total. The van der Waals surface area contributed by atoms with E-state index in [-0.39, 0.29) is 17.5 Å². The van der Waals surface area contributed by atoms with Crippen LogP contribution in [0, 0.1) is 11.3 Å². The van der Waals surface area contributed by atoms with E-state index in [1.54, 1.807) is 0 Å². The third-order valence-corrected chi connectivity index (χ3v) is 3.26. The van der Waals surface area contributed by atoms with E-state index in [4.69, 9.17) is 0 Å². The molecule has 0 spiro atoms. The average molecular weight is 168 g/mol. The van der Waals surface area contributed by atoms with Crippen molar-refractivity contribution in [1.82, 2.24) is 10.6 Å². The first-order valence-electron chi connectivity index (χ1n) is 4.67. The Morgan fingerprint density at radius 1 is 1.50 bits per heavy atom. The van der Waals surface area contributed by atoms with Crippen LogP contribution in [-0.4, -0.2) is 18.6 Å². The number of rotatable bonds is 0. The van der Waals surface area contributed by atoms with Crippen LogP contribution in [0.3, 0.4) is 0 Å². The van der Waals surface area contributed by atoms with Crippen molar-refractivity contribution in [2.75, 3.05) is 6.54 Å². The summed E-state index contributed by atoms with van der Waals surface area (Å²) in [5.74, 6) is 0.686. The second-order valence-corrected chi connectivity index (χ2v) is 4.38. The highest BCUT2D eigenvalue weighted by Gasteiger charge is 2.48. The highest BCUT2D eigenvalue weighted by Crippen LogP contribution is 2.38. The molecule has 0 saturated carbocycles. The van der Waals surface area contributed by atoms with Gasteiger partial charge in [0, 0.05) is 11.3 Å². The zero-order valence-corrected chi connectivity index (χ0v) is 7.68. The Morgan fingerprint density at radius 2 is 2.25 bits per heavy atom. The van der Waals surface area contributed by atoms with E-state index < -0.39 is 0 Å². The Morgan fingerprint density at radius 3 is 2.92 bits per heavy atom. The molecule has 12 heavy (non-hydrogen) atoms. The van der Waals surface area contributed by atoms with E-state index in [1.807, 2.05) is 13.8 Å². The van der Waals surface area contributed by atoms with E-state index in [0.717, 1.165) is 6.54 Å². The van der Waals surface area contributed by atoms with Gasteiger partial charge in [0.1, 0.15) is 0 Å². The molecule has 0 radical (unpaired) electrons. The summed E-state index contributed by atoms with van der Waals surface area (Å²) in [5.41, 5.74) is -0.169. The minimum absolute atomic E-state index is 0.169. The molecule has 2 saturated heterocycles. The smallest absolute Gasteiger partial charge is 0.227 e. The lowest BCUT2D eigenvalue weighted by molar-refractivity contribution is -0.127. The van der Waals surface area contributed by atoms with E-state index in [0.29, 0.717) is 5.92 Å². The van der Waals surface area contributed by atoms with Gasteiger partial charge in [-0.1, -0.05) is 13.8 Å². The van der Waals surface area contributed by atoms with Gasteiger partial charge in [0.2, 0.25) is 5.91 Å². The molecule has 0 aromatic carbocycles. The van der Waals surface area contributed by atoms with Crippen molar-refractivity contribution in [3.63, 3.8) is 0 Å². The minimum atomic E-state index is -0.169. The molecule has 3 nitrogen and oxygen atoms in total. The summed E-state index contributed by atoms with van der Waals surface area (Å²) in [5, 5.41) is 6.33. The molecule has 2 unspecified atom stereocenters. The topological polar surface area (TPSA) is 41.1 Å². The fourth-order valence-corrected chi connectivity index (χ4v) is 2.31. The molecule has 2 fully saturated rings. The average Bonchev–Trinajstić information content (AvgIpc) is 2.25. The third kappa shape index (κ3) is 0.959. The molecule has 3 heteroatoms. The molecule has 2 aliphatic heterocycles. The number of nitrogens with one attached hydrogen (secondary N) is 2. The van der Waals surface area contributed by atoms with E-state index >= 15 is 0 Å². The Kier molecular flexibility index (Phi) is 1.65. The Labute approximate surface area is 72.9 Å². The zero-order chi connectivity index (χ0) is 8.77. The Bertz CT molecular complexity index is 213. The summed E-state index contributed by atoms with van der Waals surface area (Å²) in [4.78, 5) is 11.5. The summed E-state index contributed by atoms with van der Waals surface area (Å²) < 4.78 is 0. The molecule has 0 aromatic heterocycles. The van der Waals surface area contributed by atoms with Crippen molar-refractivity contribution in [1.29, 1.82) is 0 Å². The maximum atomic E-state index is 11.5. The largest absolute Gasteiger partial charge is 0.340 e. The predicted molar refractivity (Wildman–Crippen MR) is 46.4 cm³/mol. The fraction of sp³-hybridized carbons (Fsp3) is 0.889. The molecule has 0 aromatic rings. The number of carbonyl (C=O) groups excluding carboxylic acids is 1. The van der Waals surface area contributed by atoms with Gasteiger partial charge >= 0.3 is 0 Å². The van der Waals surface area contributed by atoms with Crippen LogP contribution >= 0.6 is 0 Å². The van der Waals surface area contributed by atoms with Crippen LogP contribution < -0.4 is 10.6 Å². The van der Waals surface area contributed by atoms with Crippen LogP contribution in [0.2, 0.25) is 0 Å². The molecule has 0 aliphatic carbocycles. The molecular formula is C9H16N2O. The predicted octanol–water partition coefficient (Wildman–Crippen LogP) is 0.468. The molecule has 68 valence electrons. The number of hydrogen-bond donors (Lipinski definition) is 2. The first-order valence-corrected chi connectivity index (χ1v) is 4.67. The molecule has 2 rings (SSSR count). The molecular weight excluding hydrogens is 152 g/mol. The molecule has 1 amide bonds. The van der Waals surface area contributed by atoms with Crippen molar-refractivity contribution in [3.05, 3.63) is 0 Å². The van der Waals surface area contributed by atoms with Gasteiger partial charge < -0.3 is 5.32 Å². The lowest BCUT2D eigenvalue weighted by Crippen LogP contribution is -2.46. The normalized spacial score (nSPS) is 39.0. The number of amides is 1. The van der Waals surface area contributed by atoms with Crippen LogP contribution in [0.1, 0.15) is 26.7 Å². The number of fused-ring (bicyclic) bond motifs is 1. The van der Waals surface area contributed by atoms with Gasteiger partial charge in [0.25, 0.3) is 0 Å². The quantitative estimate of drug-likeness (QED) is 0.552. The van der Waals surface area contributed by atoms with Crippen molar-refractivity contribution >= 4 is 5.91 Å². The highest BCUT2D eigenvalue weighted by molar-refractivity contribution is 5.85. The molecule has 2 aliphatic rings. The number of carbonyl (C=O) groups is 1. The monoisotopic (exact) mass is 168 g/mol. The van der Waals surface area contributed by atoms with E-state index in [9.17, 15) is 4.79 Å². The van der Waals surface area contributed by atoms with Crippen LogP contribution in [-0.2, 0) is 4.79 Å². The van der Waals surface area contributed by atoms with Gasteiger partial charge in [0.15, 0.2) is 0 Å². The Hall–Kier alpha value is -0.570. The van der Waals surface area contributed by atoms with Gasteiger partial charge in [-0.25, -0.2) is 0 Å².